The first kappa shape index (κ1) is 14.9. The molecule has 0 fully saturated rings. The minimum Gasteiger partial charge on any atom is -0.460 e. The van der Waals surface area contributed by atoms with E-state index in [0.717, 1.165) is 5.56 Å². The molecule has 18 heavy (non-hydrogen) atoms. The largest absolute Gasteiger partial charge is 0.460 e. The van der Waals surface area contributed by atoms with E-state index in [1.165, 1.54) is 0 Å². The number of halogens is 1. The fraction of sp³-hybridized carbons (Fsp3) is 0.364. The van der Waals surface area contributed by atoms with Gasteiger partial charge in [-0.1, -0.05) is 30.3 Å². The van der Waals surface area contributed by atoms with Gasteiger partial charge in [0.15, 0.2) is 0 Å². The second-order valence-corrected chi connectivity index (χ2v) is 6.46. The van der Waals surface area contributed by atoms with Crippen LogP contribution in [0.5, 0.6) is 0 Å². The summed E-state index contributed by atoms with van der Waals surface area (Å²) in [6.45, 7) is 0.278. The molecule has 0 amide bonds. The van der Waals surface area contributed by atoms with Crippen LogP contribution in [0.15, 0.2) is 30.3 Å². The summed E-state index contributed by atoms with van der Waals surface area (Å²) in [5, 5.41) is 2.64. The molecular weight excluding hydrogens is 278 g/mol. The van der Waals surface area contributed by atoms with Gasteiger partial charge in [-0.25, -0.2) is 8.42 Å². The van der Waals surface area contributed by atoms with Gasteiger partial charge in [0.2, 0.25) is 9.05 Å². The Labute approximate surface area is 111 Å². The predicted octanol–water partition coefficient (Wildman–Crippen LogP) is 0.888. The van der Waals surface area contributed by atoms with Gasteiger partial charge in [0.25, 0.3) is 0 Å². The Hall–Kier alpha value is -1.11. The fourth-order valence-electron chi connectivity index (χ4n) is 1.17. The van der Waals surface area contributed by atoms with Gasteiger partial charge in [0.1, 0.15) is 6.61 Å². The van der Waals surface area contributed by atoms with Crippen LogP contribution in [-0.2, 0) is 25.2 Å². The van der Waals surface area contributed by atoms with E-state index >= 15 is 0 Å². The first-order chi connectivity index (χ1) is 8.47. The number of nitrogens with one attached hydrogen (secondary N) is 1. The highest BCUT2D eigenvalue weighted by atomic mass is 35.7. The molecule has 1 aromatic rings. The van der Waals surface area contributed by atoms with Crippen molar-refractivity contribution in [3.05, 3.63) is 35.9 Å². The highest BCUT2D eigenvalue weighted by Gasteiger charge is 2.06. The van der Waals surface area contributed by atoms with Crippen molar-refractivity contribution < 1.29 is 17.9 Å². The van der Waals surface area contributed by atoms with Gasteiger partial charge in [-0.05, 0) is 5.56 Å². The molecule has 0 aliphatic carbocycles. The van der Waals surface area contributed by atoms with Crippen LogP contribution in [-0.4, -0.2) is 33.2 Å². The van der Waals surface area contributed by atoms with Gasteiger partial charge in [0.05, 0.1) is 12.3 Å². The molecular formula is C11H14ClNO4S. The average molecular weight is 292 g/mol. The fourth-order valence-corrected chi connectivity index (χ4v) is 1.79. The average Bonchev–Trinajstić information content (AvgIpc) is 2.32. The summed E-state index contributed by atoms with van der Waals surface area (Å²) in [6.07, 6.45) is 0. The normalized spacial score (nSPS) is 11.2. The van der Waals surface area contributed by atoms with Gasteiger partial charge in [0, 0.05) is 17.2 Å². The second kappa shape index (κ2) is 7.35. The van der Waals surface area contributed by atoms with Crippen molar-refractivity contribution in [3.8, 4) is 0 Å². The minimum atomic E-state index is -3.52. The molecule has 0 atom stereocenters. The smallest absolute Gasteiger partial charge is 0.320 e. The van der Waals surface area contributed by atoms with Crippen molar-refractivity contribution in [2.45, 2.75) is 6.61 Å². The van der Waals surface area contributed by atoms with E-state index in [1.54, 1.807) is 0 Å². The maximum atomic E-state index is 11.3. The molecule has 0 radical (unpaired) electrons. The van der Waals surface area contributed by atoms with Gasteiger partial charge in [-0.2, -0.15) is 0 Å². The Morgan fingerprint density at radius 3 is 2.56 bits per heavy atom. The van der Waals surface area contributed by atoms with E-state index in [0.29, 0.717) is 0 Å². The van der Waals surface area contributed by atoms with Crippen LogP contribution in [0.4, 0.5) is 0 Å². The molecule has 1 rings (SSSR count). The third-order valence-electron chi connectivity index (χ3n) is 2.03. The maximum Gasteiger partial charge on any atom is 0.320 e. The van der Waals surface area contributed by atoms with E-state index in [9.17, 15) is 13.2 Å². The van der Waals surface area contributed by atoms with Crippen LogP contribution in [0.25, 0.3) is 0 Å². The van der Waals surface area contributed by atoms with E-state index in [1.807, 2.05) is 30.3 Å². The van der Waals surface area contributed by atoms with Crippen LogP contribution >= 0.6 is 10.7 Å². The van der Waals surface area contributed by atoms with Crippen molar-refractivity contribution in [2.75, 3.05) is 18.8 Å². The molecule has 5 nitrogen and oxygen atoms in total. The quantitative estimate of drug-likeness (QED) is 0.459. The lowest BCUT2D eigenvalue weighted by Crippen LogP contribution is -2.28. The second-order valence-electron chi connectivity index (χ2n) is 3.57. The Kier molecular flexibility index (Phi) is 6.11. The number of hydrogen-bond donors (Lipinski definition) is 1. The number of rotatable bonds is 7. The molecule has 0 aromatic heterocycles. The van der Waals surface area contributed by atoms with E-state index < -0.39 is 15.0 Å². The summed E-state index contributed by atoms with van der Waals surface area (Å²) >= 11 is 0. The molecule has 100 valence electrons. The zero-order chi connectivity index (χ0) is 13.4. The first-order valence-corrected chi connectivity index (χ1v) is 7.78. The molecule has 0 aliphatic heterocycles. The maximum absolute atomic E-state index is 11.3. The summed E-state index contributed by atoms with van der Waals surface area (Å²) in [7, 11) is 1.49. The molecule has 0 aliphatic rings. The standard InChI is InChI=1S/C11H14ClNO4S/c12-18(15,16)7-6-13-8-11(14)17-9-10-4-2-1-3-5-10/h1-5,13H,6-9H2. The Bertz CT molecular complexity index is 475. The third kappa shape index (κ3) is 7.26. The molecule has 0 unspecified atom stereocenters. The third-order valence-corrected chi connectivity index (χ3v) is 3.19. The lowest BCUT2D eigenvalue weighted by atomic mass is 10.2. The van der Waals surface area contributed by atoms with E-state index in [-0.39, 0.29) is 25.4 Å². The zero-order valence-electron chi connectivity index (χ0n) is 9.63. The van der Waals surface area contributed by atoms with Gasteiger partial charge >= 0.3 is 5.97 Å². The number of hydrogen-bond acceptors (Lipinski definition) is 5. The predicted molar refractivity (Wildman–Crippen MR) is 68.7 cm³/mol. The SMILES string of the molecule is O=C(CNCCS(=O)(=O)Cl)OCc1ccccc1. The molecule has 7 heteroatoms. The molecule has 0 heterocycles. The van der Waals surface area contributed by atoms with Gasteiger partial charge in [-0.15, -0.1) is 0 Å². The monoisotopic (exact) mass is 291 g/mol. The number of carbonyl (C=O) groups is 1. The topological polar surface area (TPSA) is 72.5 Å². The van der Waals surface area contributed by atoms with Crippen LogP contribution < -0.4 is 5.32 Å². The summed E-state index contributed by atoms with van der Waals surface area (Å²) in [6, 6.07) is 9.28. The molecule has 0 bridgehead atoms. The Morgan fingerprint density at radius 2 is 1.94 bits per heavy atom. The van der Waals surface area contributed by atoms with Gasteiger partial charge in [-0.3, -0.25) is 4.79 Å². The van der Waals surface area contributed by atoms with Crippen LogP contribution in [0.1, 0.15) is 5.56 Å². The summed E-state index contributed by atoms with van der Waals surface area (Å²) < 4.78 is 26.2. The number of esters is 1. The van der Waals surface area contributed by atoms with E-state index in [2.05, 4.69) is 5.32 Å². The van der Waals surface area contributed by atoms with Crippen LogP contribution in [0.2, 0.25) is 0 Å². The van der Waals surface area contributed by atoms with E-state index in [4.69, 9.17) is 15.4 Å². The first-order valence-electron chi connectivity index (χ1n) is 5.30. The zero-order valence-corrected chi connectivity index (χ0v) is 11.2. The molecule has 0 saturated heterocycles. The lowest BCUT2D eigenvalue weighted by molar-refractivity contribution is -0.143. The summed E-state index contributed by atoms with van der Waals surface area (Å²) in [4.78, 5) is 11.3. The summed E-state index contributed by atoms with van der Waals surface area (Å²) in [5.41, 5.74) is 0.897. The van der Waals surface area contributed by atoms with Crippen LogP contribution in [0.3, 0.4) is 0 Å². The van der Waals surface area contributed by atoms with Crippen LogP contribution in [0, 0.1) is 0 Å². The van der Waals surface area contributed by atoms with Crippen molar-refractivity contribution >= 4 is 25.7 Å². The molecule has 0 spiro atoms. The highest BCUT2D eigenvalue weighted by molar-refractivity contribution is 8.13. The van der Waals surface area contributed by atoms with Crippen molar-refractivity contribution in [1.82, 2.24) is 5.32 Å². The van der Waals surface area contributed by atoms with Crippen molar-refractivity contribution in [1.29, 1.82) is 0 Å². The molecule has 1 aromatic carbocycles. The van der Waals surface area contributed by atoms with Gasteiger partial charge < -0.3 is 10.1 Å². The molecule has 1 N–H and O–H groups in total. The highest BCUT2D eigenvalue weighted by Crippen LogP contribution is 2.00. The number of carbonyl (C=O) groups excluding carboxylic acids is 1. The Morgan fingerprint density at radius 1 is 1.28 bits per heavy atom. The number of ether oxygens (including phenoxy) is 1. The van der Waals surface area contributed by atoms with Crippen molar-refractivity contribution in [3.63, 3.8) is 0 Å². The lowest BCUT2D eigenvalue weighted by Gasteiger charge is -2.05. The van der Waals surface area contributed by atoms with Crippen molar-refractivity contribution in [2.24, 2.45) is 0 Å². The summed E-state index contributed by atoms with van der Waals surface area (Å²) in [5.74, 6) is -0.661. The molecule has 0 saturated carbocycles. The minimum absolute atomic E-state index is 0.0424. The Balaban J connectivity index is 2.15. The number of benzene rings is 1.